The van der Waals surface area contributed by atoms with E-state index < -0.39 is 0 Å². The van der Waals surface area contributed by atoms with Gasteiger partial charge in [0.15, 0.2) is 6.21 Å². The second kappa shape index (κ2) is 7.40. The molecule has 124 valence electrons. The standard InChI is InChI=1S/C20H17N3O2/c1-15-7-5-12-19(21-15)22-20(24)17-9-6-8-16(13-17)14-23(25)18-10-3-2-4-11-18/h2-14H,1H3,(H,21,22,24)/b23-14+. The molecule has 25 heavy (non-hydrogen) atoms. The van der Waals surface area contributed by atoms with Crippen LogP contribution in [-0.2, 0) is 0 Å². The zero-order chi connectivity index (χ0) is 17.6. The van der Waals surface area contributed by atoms with Crippen molar-refractivity contribution in [2.75, 3.05) is 5.32 Å². The number of nitrogens with one attached hydrogen (secondary N) is 1. The first-order valence-corrected chi connectivity index (χ1v) is 7.83. The summed E-state index contributed by atoms with van der Waals surface area (Å²) in [5, 5.41) is 14.9. The highest BCUT2D eigenvalue weighted by atomic mass is 16.5. The van der Waals surface area contributed by atoms with E-state index in [1.54, 1.807) is 54.6 Å². The highest BCUT2D eigenvalue weighted by Crippen LogP contribution is 2.12. The molecular weight excluding hydrogens is 314 g/mol. The van der Waals surface area contributed by atoms with Gasteiger partial charge in [-0.25, -0.2) is 4.98 Å². The minimum Gasteiger partial charge on any atom is -0.618 e. The number of para-hydroxylation sites is 1. The molecular formula is C20H17N3O2. The van der Waals surface area contributed by atoms with Crippen LogP contribution in [0.1, 0.15) is 21.6 Å². The average molecular weight is 331 g/mol. The Bertz CT molecular complexity index is 921. The normalized spacial score (nSPS) is 11.2. The molecule has 2 aromatic carbocycles. The van der Waals surface area contributed by atoms with Crippen LogP contribution in [0.3, 0.4) is 0 Å². The van der Waals surface area contributed by atoms with Crippen molar-refractivity contribution < 1.29 is 9.53 Å². The SMILES string of the molecule is Cc1cccc(NC(=O)c2cccc(/C=[N+](/[O-])c3ccccc3)c2)n1. The van der Waals surface area contributed by atoms with Crippen LogP contribution >= 0.6 is 0 Å². The highest BCUT2D eigenvalue weighted by molar-refractivity contribution is 6.04. The summed E-state index contributed by atoms with van der Waals surface area (Å²) < 4.78 is 0.777. The smallest absolute Gasteiger partial charge is 0.256 e. The lowest BCUT2D eigenvalue weighted by molar-refractivity contribution is -0.354. The van der Waals surface area contributed by atoms with E-state index in [2.05, 4.69) is 10.3 Å². The Balaban J connectivity index is 1.80. The topological polar surface area (TPSA) is 68.1 Å². The number of hydrogen-bond donors (Lipinski definition) is 1. The maximum absolute atomic E-state index is 12.4. The number of amides is 1. The second-order valence-corrected chi connectivity index (χ2v) is 5.53. The molecule has 5 nitrogen and oxygen atoms in total. The van der Waals surface area contributed by atoms with Crippen molar-refractivity contribution >= 4 is 23.6 Å². The molecule has 0 fully saturated rings. The lowest BCUT2D eigenvalue weighted by Gasteiger charge is -2.06. The number of hydrogen-bond acceptors (Lipinski definition) is 3. The molecule has 0 bridgehead atoms. The molecule has 0 radical (unpaired) electrons. The van der Waals surface area contributed by atoms with E-state index >= 15 is 0 Å². The Labute approximate surface area is 145 Å². The molecule has 0 spiro atoms. The minimum absolute atomic E-state index is 0.273. The summed E-state index contributed by atoms with van der Waals surface area (Å²) in [4.78, 5) is 16.6. The van der Waals surface area contributed by atoms with Gasteiger partial charge in [-0.15, -0.1) is 0 Å². The van der Waals surface area contributed by atoms with Gasteiger partial charge < -0.3 is 10.5 Å². The predicted octanol–water partition coefficient (Wildman–Crippen LogP) is 3.90. The molecule has 0 aliphatic carbocycles. The number of nitrogens with zero attached hydrogens (tertiary/aromatic N) is 2. The van der Waals surface area contributed by atoms with Crippen LogP contribution in [0, 0.1) is 12.1 Å². The van der Waals surface area contributed by atoms with Gasteiger partial charge in [-0.2, -0.15) is 4.74 Å². The molecule has 1 aromatic heterocycles. The summed E-state index contributed by atoms with van der Waals surface area (Å²) in [5.74, 6) is 0.222. The zero-order valence-corrected chi connectivity index (χ0v) is 13.7. The van der Waals surface area contributed by atoms with Crippen molar-refractivity contribution in [1.82, 2.24) is 4.98 Å². The summed E-state index contributed by atoms with van der Waals surface area (Å²) >= 11 is 0. The van der Waals surface area contributed by atoms with Crippen molar-refractivity contribution in [3.05, 3.63) is 94.8 Å². The largest absolute Gasteiger partial charge is 0.618 e. The van der Waals surface area contributed by atoms with Crippen molar-refractivity contribution in [3.8, 4) is 0 Å². The molecule has 0 atom stereocenters. The van der Waals surface area contributed by atoms with Crippen LogP contribution in [0.2, 0.25) is 0 Å². The van der Waals surface area contributed by atoms with Gasteiger partial charge in [0.1, 0.15) is 5.82 Å². The number of benzene rings is 2. The van der Waals surface area contributed by atoms with Gasteiger partial charge in [-0.3, -0.25) is 4.79 Å². The first-order chi connectivity index (χ1) is 12.1. The van der Waals surface area contributed by atoms with Crippen molar-refractivity contribution in [3.63, 3.8) is 0 Å². The predicted molar refractivity (Wildman–Crippen MR) is 98.3 cm³/mol. The highest BCUT2D eigenvalue weighted by Gasteiger charge is 2.08. The van der Waals surface area contributed by atoms with Crippen molar-refractivity contribution in [1.29, 1.82) is 0 Å². The van der Waals surface area contributed by atoms with Crippen LogP contribution in [0.25, 0.3) is 0 Å². The molecule has 0 saturated carbocycles. The van der Waals surface area contributed by atoms with Gasteiger partial charge in [0.2, 0.25) is 5.69 Å². The van der Waals surface area contributed by atoms with Crippen LogP contribution < -0.4 is 5.32 Å². The van der Waals surface area contributed by atoms with Gasteiger partial charge in [-0.1, -0.05) is 30.3 Å². The summed E-state index contributed by atoms with van der Waals surface area (Å²) in [6.07, 6.45) is 1.44. The lowest BCUT2D eigenvalue weighted by atomic mass is 10.1. The van der Waals surface area contributed by atoms with Crippen molar-refractivity contribution in [2.45, 2.75) is 6.92 Å². The third-order valence-corrected chi connectivity index (χ3v) is 3.56. The first-order valence-electron chi connectivity index (χ1n) is 7.83. The summed E-state index contributed by atoms with van der Waals surface area (Å²) in [7, 11) is 0. The monoisotopic (exact) mass is 331 g/mol. The molecule has 1 N–H and O–H groups in total. The molecule has 0 aliphatic heterocycles. The molecule has 0 saturated heterocycles. The molecule has 1 amide bonds. The molecule has 1 heterocycles. The Kier molecular flexibility index (Phi) is 4.85. The maximum Gasteiger partial charge on any atom is 0.256 e. The van der Waals surface area contributed by atoms with E-state index in [1.165, 1.54) is 6.21 Å². The zero-order valence-electron chi connectivity index (χ0n) is 13.7. The van der Waals surface area contributed by atoms with Crippen LogP contribution in [0.15, 0.2) is 72.8 Å². The van der Waals surface area contributed by atoms with E-state index in [4.69, 9.17) is 0 Å². The Morgan fingerprint density at radius 1 is 1.04 bits per heavy atom. The fourth-order valence-corrected chi connectivity index (χ4v) is 2.35. The molecule has 3 aromatic rings. The number of carbonyl (C=O) groups is 1. The lowest BCUT2D eigenvalue weighted by Crippen LogP contribution is -2.13. The molecule has 0 aliphatic rings. The van der Waals surface area contributed by atoms with Crippen LogP contribution in [-0.4, -0.2) is 21.8 Å². The third-order valence-electron chi connectivity index (χ3n) is 3.56. The number of aryl methyl sites for hydroxylation is 1. The van der Waals surface area contributed by atoms with Crippen LogP contribution in [0.4, 0.5) is 11.5 Å². The molecule has 3 rings (SSSR count). The first kappa shape index (κ1) is 16.4. The van der Waals surface area contributed by atoms with E-state index in [1.807, 2.05) is 25.1 Å². The Morgan fingerprint density at radius 3 is 2.56 bits per heavy atom. The van der Waals surface area contributed by atoms with E-state index in [0.717, 1.165) is 10.4 Å². The summed E-state index contributed by atoms with van der Waals surface area (Å²) in [5.41, 5.74) is 2.45. The Hall–Kier alpha value is -3.47. The fraction of sp³-hybridized carbons (Fsp3) is 0.0500. The van der Waals surface area contributed by atoms with Gasteiger partial charge in [0.25, 0.3) is 5.91 Å². The van der Waals surface area contributed by atoms with E-state index in [9.17, 15) is 10.0 Å². The quantitative estimate of drug-likeness (QED) is 0.341. The number of pyridine rings is 1. The minimum atomic E-state index is -0.273. The van der Waals surface area contributed by atoms with Crippen LogP contribution in [0.5, 0.6) is 0 Å². The van der Waals surface area contributed by atoms with E-state index in [-0.39, 0.29) is 5.91 Å². The number of rotatable bonds is 4. The van der Waals surface area contributed by atoms with E-state index in [0.29, 0.717) is 22.6 Å². The fourth-order valence-electron chi connectivity index (χ4n) is 2.35. The van der Waals surface area contributed by atoms with Gasteiger partial charge >= 0.3 is 0 Å². The summed E-state index contributed by atoms with van der Waals surface area (Å²) in [6.45, 7) is 1.86. The average Bonchev–Trinajstić information content (AvgIpc) is 2.62. The molecule has 5 heteroatoms. The van der Waals surface area contributed by atoms with Gasteiger partial charge in [0.05, 0.1) is 0 Å². The Morgan fingerprint density at radius 2 is 1.80 bits per heavy atom. The van der Waals surface area contributed by atoms with Gasteiger partial charge in [-0.05, 0) is 37.3 Å². The number of anilines is 1. The molecule has 0 unspecified atom stereocenters. The summed E-state index contributed by atoms with van der Waals surface area (Å²) in [6, 6.07) is 21.2. The number of aromatic nitrogens is 1. The van der Waals surface area contributed by atoms with Gasteiger partial charge in [0, 0.05) is 29.0 Å². The third kappa shape index (κ3) is 4.29. The van der Waals surface area contributed by atoms with Crippen molar-refractivity contribution in [2.24, 2.45) is 0 Å². The number of carbonyl (C=O) groups excluding carboxylic acids is 1. The second-order valence-electron chi connectivity index (χ2n) is 5.53. The maximum atomic E-state index is 12.4.